The van der Waals surface area contributed by atoms with Gasteiger partial charge in [0.15, 0.2) is 0 Å². The lowest BCUT2D eigenvalue weighted by atomic mass is 9.84. The SMILES string of the molecule is COc1cc(C)c(C(CC(C)(C)C)NN)cc1C. The van der Waals surface area contributed by atoms with E-state index in [9.17, 15) is 0 Å². The maximum atomic E-state index is 5.72. The van der Waals surface area contributed by atoms with Gasteiger partial charge >= 0.3 is 0 Å². The Morgan fingerprint density at radius 2 is 1.83 bits per heavy atom. The lowest BCUT2D eigenvalue weighted by Gasteiger charge is -2.27. The molecule has 0 bridgehead atoms. The van der Waals surface area contributed by atoms with Crippen LogP contribution in [0.5, 0.6) is 5.75 Å². The fraction of sp³-hybridized carbons (Fsp3) is 0.600. The molecule has 0 aliphatic carbocycles. The molecule has 0 aliphatic heterocycles. The summed E-state index contributed by atoms with van der Waals surface area (Å²) in [6.07, 6.45) is 0.996. The molecule has 0 saturated carbocycles. The zero-order chi connectivity index (χ0) is 13.9. The number of hydrogen-bond acceptors (Lipinski definition) is 3. The smallest absolute Gasteiger partial charge is 0.122 e. The summed E-state index contributed by atoms with van der Waals surface area (Å²) in [6, 6.07) is 4.43. The first kappa shape index (κ1) is 15.0. The van der Waals surface area contributed by atoms with Crippen molar-refractivity contribution < 1.29 is 4.74 Å². The molecule has 0 amide bonds. The monoisotopic (exact) mass is 250 g/mol. The minimum Gasteiger partial charge on any atom is -0.496 e. The van der Waals surface area contributed by atoms with Gasteiger partial charge in [0.25, 0.3) is 0 Å². The van der Waals surface area contributed by atoms with Gasteiger partial charge in [-0.05, 0) is 48.4 Å². The number of rotatable bonds is 4. The van der Waals surface area contributed by atoms with Gasteiger partial charge in [0.2, 0.25) is 0 Å². The van der Waals surface area contributed by atoms with Gasteiger partial charge in [0.05, 0.1) is 7.11 Å². The highest BCUT2D eigenvalue weighted by atomic mass is 16.5. The molecule has 0 aliphatic rings. The quantitative estimate of drug-likeness (QED) is 0.637. The topological polar surface area (TPSA) is 47.3 Å². The van der Waals surface area contributed by atoms with Crippen LogP contribution in [0.25, 0.3) is 0 Å². The summed E-state index contributed by atoms with van der Waals surface area (Å²) in [5.41, 5.74) is 6.79. The second-order valence-electron chi connectivity index (χ2n) is 6.16. The second kappa shape index (κ2) is 5.72. The first-order valence-electron chi connectivity index (χ1n) is 6.39. The van der Waals surface area contributed by atoms with Crippen LogP contribution in [0.3, 0.4) is 0 Å². The summed E-state index contributed by atoms with van der Waals surface area (Å²) in [5.74, 6) is 6.65. The third-order valence-corrected chi connectivity index (χ3v) is 3.18. The largest absolute Gasteiger partial charge is 0.496 e. The number of ether oxygens (including phenoxy) is 1. The molecule has 18 heavy (non-hydrogen) atoms. The highest BCUT2D eigenvalue weighted by Gasteiger charge is 2.21. The fourth-order valence-corrected chi connectivity index (χ4v) is 2.28. The Balaban J connectivity index is 3.10. The van der Waals surface area contributed by atoms with E-state index in [-0.39, 0.29) is 11.5 Å². The van der Waals surface area contributed by atoms with Crippen molar-refractivity contribution in [3.05, 3.63) is 28.8 Å². The second-order valence-corrected chi connectivity index (χ2v) is 6.16. The average molecular weight is 250 g/mol. The first-order valence-corrected chi connectivity index (χ1v) is 6.39. The van der Waals surface area contributed by atoms with Crippen LogP contribution < -0.4 is 16.0 Å². The number of aryl methyl sites for hydroxylation is 2. The van der Waals surface area contributed by atoms with Gasteiger partial charge in [-0.15, -0.1) is 0 Å². The van der Waals surface area contributed by atoms with E-state index in [1.165, 1.54) is 11.1 Å². The van der Waals surface area contributed by atoms with Crippen molar-refractivity contribution in [1.29, 1.82) is 0 Å². The maximum absolute atomic E-state index is 5.72. The molecule has 0 radical (unpaired) electrons. The van der Waals surface area contributed by atoms with Crippen LogP contribution in [0.1, 0.15) is 49.9 Å². The summed E-state index contributed by atoms with van der Waals surface area (Å²) >= 11 is 0. The maximum Gasteiger partial charge on any atom is 0.122 e. The van der Waals surface area contributed by atoms with Crippen LogP contribution in [-0.4, -0.2) is 7.11 Å². The van der Waals surface area contributed by atoms with Crippen molar-refractivity contribution in [1.82, 2.24) is 5.43 Å². The van der Waals surface area contributed by atoms with Crippen molar-refractivity contribution in [2.45, 2.75) is 47.1 Å². The number of nitrogens with two attached hydrogens (primary N) is 1. The summed E-state index contributed by atoms with van der Waals surface area (Å²) in [4.78, 5) is 0. The molecular formula is C15H26N2O. The molecule has 0 aromatic heterocycles. The van der Waals surface area contributed by atoms with Gasteiger partial charge in [-0.1, -0.05) is 26.8 Å². The van der Waals surface area contributed by atoms with Gasteiger partial charge in [-0.2, -0.15) is 0 Å². The Bertz CT molecular complexity index is 408. The van der Waals surface area contributed by atoms with Gasteiger partial charge in [0.1, 0.15) is 5.75 Å². The zero-order valence-corrected chi connectivity index (χ0v) is 12.4. The number of hydrogen-bond donors (Lipinski definition) is 2. The standard InChI is InChI=1S/C15H26N2O/c1-10-8-14(18-6)11(2)7-12(10)13(17-16)9-15(3,4)5/h7-8,13,17H,9,16H2,1-6H3. The number of methoxy groups -OCH3 is 1. The van der Waals surface area contributed by atoms with E-state index < -0.39 is 0 Å². The van der Waals surface area contributed by atoms with Crippen LogP contribution >= 0.6 is 0 Å². The first-order chi connectivity index (χ1) is 8.28. The molecule has 1 rings (SSSR count). The van der Waals surface area contributed by atoms with Gasteiger partial charge in [0, 0.05) is 6.04 Å². The Labute approximate surface area is 111 Å². The summed E-state index contributed by atoms with van der Waals surface area (Å²) in [7, 11) is 1.70. The number of hydrazine groups is 1. The molecule has 3 heteroatoms. The van der Waals surface area contributed by atoms with Crippen LogP contribution in [0, 0.1) is 19.3 Å². The molecule has 0 fully saturated rings. The third-order valence-electron chi connectivity index (χ3n) is 3.18. The zero-order valence-electron chi connectivity index (χ0n) is 12.4. The van der Waals surface area contributed by atoms with E-state index in [1.54, 1.807) is 7.11 Å². The highest BCUT2D eigenvalue weighted by molar-refractivity contribution is 5.42. The highest BCUT2D eigenvalue weighted by Crippen LogP contribution is 2.33. The summed E-state index contributed by atoms with van der Waals surface area (Å²) in [5, 5.41) is 0. The molecule has 102 valence electrons. The Morgan fingerprint density at radius 3 is 2.28 bits per heavy atom. The van der Waals surface area contributed by atoms with Gasteiger partial charge in [-0.25, -0.2) is 0 Å². The molecule has 0 saturated heterocycles. The van der Waals surface area contributed by atoms with Crippen LogP contribution in [-0.2, 0) is 0 Å². The molecule has 3 N–H and O–H groups in total. The Hall–Kier alpha value is -1.06. The van der Waals surface area contributed by atoms with E-state index in [0.29, 0.717) is 0 Å². The van der Waals surface area contributed by atoms with Crippen LogP contribution in [0.4, 0.5) is 0 Å². The molecule has 0 heterocycles. The van der Waals surface area contributed by atoms with E-state index in [4.69, 9.17) is 10.6 Å². The predicted molar refractivity (Wildman–Crippen MR) is 76.6 cm³/mol. The summed E-state index contributed by atoms with van der Waals surface area (Å²) in [6.45, 7) is 10.8. The number of nitrogens with one attached hydrogen (secondary N) is 1. The number of benzene rings is 1. The Kier molecular flexibility index (Phi) is 4.77. The van der Waals surface area contributed by atoms with E-state index in [2.05, 4.69) is 52.2 Å². The van der Waals surface area contributed by atoms with Crippen molar-refractivity contribution in [3.63, 3.8) is 0 Å². The van der Waals surface area contributed by atoms with Gasteiger partial charge in [-0.3, -0.25) is 11.3 Å². The molecule has 1 aromatic rings. The minimum atomic E-state index is 0.176. The van der Waals surface area contributed by atoms with Crippen molar-refractivity contribution in [2.24, 2.45) is 11.3 Å². The van der Waals surface area contributed by atoms with E-state index in [1.807, 2.05) is 0 Å². The third kappa shape index (κ3) is 3.72. The fourth-order valence-electron chi connectivity index (χ4n) is 2.28. The van der Waals surface area contributed by atoms with Gasteiger partial charge < -0.3 is 4.74 Å². The normalized spacial score (nSPS) is 13.5. The molecule has 3 nitrogen and oxygen atoms in total. The molecule has 0 spiro atoms. The predicted octanol–water partition coefficient (Wildman–Crippen LogP) is 3.25. The van der Waals surface area contributed by atoms with E-state index >= 15 is 0 Å². The lowest BCUT2D eigenvalue weighted by Crippen LogP contribution is -2.31. The Morgan fingerprint density at radius 1 is 1.22 bits per heavy atom. The van der Waals surface area contributed by atoms with Crippen molar-refractivity contribution >= 4 is 0 Å². The lowest BCUT2D eigenvalue weighted by molar-refractivity contribution is 0.312. The van der Waals surface area contributed by atoms with Crippen LogP contribution in [0.15, 0.2) is 12.1 Å². The average Bonchev–Trinajstić information content (AvgIpc) is 2.27. The molecular weight excluding hydrogens is 224 g/mol. The summed E-state index contributed by atoms with van der Waals surface area (Å²) < 4.78 is 5.34. The molecule has 1 atom stereocenters. The van der Waals surface area contributed by atoms with Crippen molar-refractivity contribution in [3.8, 4) is 5.75 Å². The molecule has 1 unspecified atom stereocenters. The molecule has 1 aromatic carbocycles. The van der Waals surface area contributed by atoms with Crippen LogP contribution in [0.2, 0.25) is 0 Å². The van der Waals surface area contributed by atoms with Crippen molar-refractivity contribution in [2.75, 3.05) is 7.11 Å². The minimum absolute atomic E-state index is 0.176. The van der Waals surface area contributed by atoms with E-state index in [0.717, 1.165) is 17.7 Å².